The summed E-state index contributed by atoms with van der Waals surface area (Å²) in [5.41, 5.74) is 0. The van der Waals surface area contributed by atoms with Gasteiger partial charge in [0.25, 0.3) is 0 Å². The summed E-state index contributed by atoms with van der Waals surface area (Å²) in [6.07, 6.45) is 1.00. The number of halogens is 1. The number of thiophene rings is 1. The molecule has 2 heterocycles. The van der Waals surface area contributed by atoms with Gasteiger partial charge in [0.1, 0.15) is 6.04 Å². The van der Waals surface area contributed by atoms with Crippen LogP contribution in [0, 0.1) is 0 Å². The van der Waals surface area contributed by atoms with Crippen LogP contribution in [0.4, 0.5) is 0 Å². The fourth-order valence-corrected chi connectivity index (χ4v) is 4.90. The monoisotopic (exact) mass is 321 g/mol. The van der Waals surface area contributed by atoms with Gasteiger partial charge in [0, 0.05) is 20.0 Å². The number of hydrogen-bond donors (Lipinski definition) is 2. The van der Waals surface area contributed by atoms with E-state index in [1.54, 1.807) is 23.1 Å². The van der Waals surface area contributed by atoms with Crippen molar-refractivity contribution in [2.45, 2.75) is 24.8 Å². The van der Waals surface area contributed by atoms with Crippen molar-refractivity contribution in [2.75, 3.05) is 5.75 Å². The highest BCUT2D eigenvalue weighted by Crippen LogP contribution is 2.39. The molecule has 2 rings (SSSR count). The minimum Gasteiger partial charge on any atom is -0.480 e. The zero-order valence-electron chi connectivity index (χ0n) is 8.70. The van der Waals surface area contributed by atoms with Crippen molar-refractivity contribution < 1.29 is 9.90 Å². The van der Waals surface area contributed by atoms with Crippen LogP contribution < -0.4 is 5.32 Å². The number of hydrogen-bond acceptors (Lipinski definition) is 4. The number of carbonyl (C=O) groups is 1. The Morgan fingerprint density at radius 1 is 1.75 bits per heavy atom. The topological polar surface area (TPSA) is 49.3 Å². The number of thioether (sulfide) groups is 1. The van der Waals surface area contributed by atoms with Gasteiger partial charge >= 0.3 is 5.97 Å². The first-order valence-corrected chi connectivity index (χ1v) is 7.66. The van der Waals surface area contributed by atoms with E-state index >= 15 is 0 Å². The molecule has 1 aliphatic rings. The normalized spacial score (nSPS) is 24.9. The minimum absolute atomic E-state index is 0.127. The lowest BCUT2D eigenvalue weighted by molar-refractivity contribution is -0.138. The molecule has 0 saturated carbocycles. The summed E-state index contributed by atoms with van der Waals surface area (Å²) in [4.78, 5) is 13.3. The number of rotatable bonds is 3. The minimum atomic E-state index is -0.763. The molecule has 6 heteroatoms. The van der Waals surface area contributed by atoms with Gasteiger partial charge in [-0.05, 0) is 28.4 Å². The molecule has 0 radical (unpaired) electrons. The van der Waals surface area contributed by atoms with E-state index in [4.69, 9.17) is 5.11 Å². The number of carboxylic acid groups (broad SMARTS) is 1. The van der Waals surface area contributed by atoms with Crippen molar-refractivity contribution in [3.05, 3.63) is 20.3 Å². The van der Waals surface area contributed by atoms with Crippen LogP contribution in [0.2, 0.25) is 0 Å². The molecule has 0 amide bonds. The Morgan fingerprint density at radius 2 is 2.50 bits per heavy atom. The standard InChI is InChI=1S/C10H12BrNO2S2/c1-2-7-5(11)3-8(16-7)9-12-6(4-15-9)10(13)14/h3,6,9,12H,2,4H2,1H3,(H,13,14)/t6-,9-/m1/s1. The molecule has 0 bridgehead atoms. The molecule has 0 aliphatic carbocycles. The van der Waals surface area contributed by atoms with Crippen molar-refractivity contribution in [3.8, 4) is 0 Å². The molecule has 88 valence electrons. The van der Waals surface area contributed by atoms with Crippen LogP contribution in [0.5, 0.6) is 0 Å². The van der Waals surface area contributed by atoms with Crippen molar-refractivity contribution in [1.29, 1.82) is 0 Å². The van der Waals surface area contributed by atoms with Crippen LogP contribution in [0.15, 0.2) is 10.5 Å². The summed E-state index contributed by atoms with van der Waals surface area (Å²) in [7, 11) is 0. The van der Waals surface area contributed by atoms with Gasteiger partial charge in [-0.3, -0.25) is 10.1 Å². The first-order valence-electron chi connectivity index (χ1n) is 5.00. The third-order valence-corrected chi connectivity index (χ3v) is 6.15. The predicted molar refractivity (Wildman–Crippen MR) is 71.2 cm³/mol. The maximum Gasteiger partial charge on any atom is 0.321 e. The average molecular weight is 322 g/mol. The molecule has 2 N–H and O–H groups in total. The van der Waals surface area contributed by atoms with E-state index in [0.29, 0.717) is 5.75 Å². The maximum atomic E-state index is 10.8. The molecule has 1 saturated heterocycles. The van der Waals surface area contributed by atoms with E-state index < -0.39 is 12.0 Å². The van der Waals surface area contributed by atoms with E-state index in [2.05, 4.69) is 34.2 Å². The van der Waals surface area contributed by atoms with Crippen LogP contribution in [0.25, 0.3) is 0 Å². The Bertz CT molecular complexity index is 408. The lowest BCUT2D eigenvalue weighted by Crippen LogP contribution is -2.33. The number of carboxylic acids is 1. The molecule has 3 nitrogen and oxygen atoms in total. The summed E-state index contributed by atoms with van der Waals surface area (Å²) in [6.45, 7) is 2.12. The molecule has 2 atom stereocenters. The summed E-state index contributed by atoms with van der Waals surface area (Å²) < 4.78 is 1.14. The highest BCUT2D eigenvalue weighted by atomic mass is 79.9. The molecular formula is C10H12BrNO2S2. The smallest absolute Gasteiger partial charge is 0.321 e. The Kier molecular flexibility index (Phi) is 3.94. The molecular weight excluding hydrogens is 310 g/mol. The Hall–Kier alpha value is -0.0400. The highest BCUT2D eigenvalue weighted by Gasteiger charge is 2.31. The molecule has 1 aromatic rings. The first-order chi connectivity index (χ1) is 7.61. The van der Waals surface area contributed by atoms with Crippen LogP contribution in [0.1, 0.15) is 22.1 Å². The lowest BCUT2D eigenvalue weighted by atomic mass is 10.3. The Morgan fingerprint density at radius 3 is 3.00 bits per heavy atom. The summed E-state index contributed by atoms with van der Waals surface area (Å²) in [5, 5.41) is 12.2. The van der Waals surface area contributed by atoms with Gasteiger partial charge in [-0.25, -0.2) is 0 Å². The van der Waals surface area contributed by atoms with E-state index in [1.165, 1.54) is 9.75 Å². The first kappa shape index (κ1) is 12.4. The molecule has 0 aromatic carbocycles. The number of nitrogens with one attached hydrogen (secondary N) is 1. The second-order valence-electron chi connectivity index (χ2n) is 3.54. The van der Waals surface area contributed by atoms with Crippen molar-refractivity contribution in [3.63, 3.8) is 0 Å². The quantitative estimate of drug-likeness (QED) is 0.898. The van der Waals surface area contributed by atoms with E-state index in [9.17, 15) is 4.79 Å². The van der Waals surface area contributed by atoms with Gasteiger partial charge in [-0.1, -0.05) is 6.92 Å². The maximum absolute atomic E-state index is 10.8. The Balaban J connectivity index is 2.11. The zero-order chi connectivity index (χ0) is 11.7. The molecule has 0 spiro atoms. The highest BCUT2D eigenvalue weighted by molar-refractivity contribution is 9.10. The number of aliphatic carboxylic acids is 1. The lowest BCUT2D eigenvalue weighted by Gasteiger charge is -2.07. The largest absolute Gasteiger partial charge is 0.480 e. The van der Waals surface area contributed by atoms with Crippen LogP contribution in [-0.4, -0.2) is 22.9 Å². The fourth-order valence-electron chi connectivity index (χ4n) is 1.57. The van der Waals surface area contributed by atoms with E-state index in [0.717, 1.165) is 10.9 Å². The van der Waals surface area contributed by atoms with Gasteiger partial charge in [0.2, 0.25) is 0 Å². The molecule has 1 aliphatic heterocycles. The van der Waals surface area contributed by atoms with Gasteiger partial charge < -0.3 is 5.11 Å². The van der Waals surface area contributed by atoms with Gasteiger partial charge in [-0.2, -0.15) is 0 Å². The van der Waals surface area contributed by atoms with E-state index in [-0.39, 0.29) is 5.37 Å². The van der Waals surface area contributed by atoms with E-state index in [1.807, 2.05) is 0 Å². The fraction of sp³-hybridized carbons (Fsp3) is 0.500. The van der Waals surface area contributed by atoms with Crippen LogP contribution in [-0.2, 0) is 11.2 Å². The van der Waals surface area contributed by atoms with Gasteiger partial charge in [0.15, 0.2) is 0 Å². The SMILES string of the molecule is CCc1sc([C@@H]2N[C@@H](C(=O)O)CS2)cc1Br. The molecule has 0 unspecified atom stereocenters. The van der Waals surface area contributed by atoms with Crippen molar-refractivity contribution in [1.82, 2.24) is 5.32 Å². The third kappa shape index (κ3) is 2.45. The van der Waals surface area contributed by atoms with Crippen LogP contribution >= 0.6 is 39.0 Å². The molecule has 16 heavy (non-hydrogen) atoms. The third-order valence-electron chi connectivity index (χ3n) is 2.44. The van der Waals surface area contributed by atoms with Crippen molar-refractivity contribution in [2.24, 2.45) is 0 Å². The predicted octanol–water partition coefficient (Wildman–Crippen LogP) is 2.86. The number of aryl methyl sites for hydroxylation is 1. The molecule has 1 aromatic heterocycles. The second-order valence-corrected chi connectivity index (χ2v) is 6.71. The Labute approximate surface area is 111 Å². The zero-order valence-corrected chi connectivity index (χ0v) is 11.9. The van der Waals surface area contributed by atoms with Crippen LogP contribution in [0.3, 0.4) is 0 Å². The summed E-state index contributed by atoms with van der Waals surface area (Å²) in [6, 6.07) is 1.68. The van der Waals surface area contributed by atoms with Crippen molar-refractivity contribution >= 4 is 45.0 Å². The summed E-state index contributed by atoms with van der Waals surface area (Å²) >= 11 is 6.93. The average Bonchev–Trinajstić information content (AvgIpc) is 2.83. The summed E-state index contributed by atoms with van der Waals surface area (Å²) in [5.74, 6) is -0.127. The van der Waals surface area contributed by atoms with Gasteiger partial charge in [0.05, 0.1) is 5.37 Å². The second kappa shape index (κ2) is 5.08. The van der Waals surface area contributed by atoms with Gasteiger partial charge in [-0.15, -0.1) is 23.1 Å². The molecule has 1 fully saturated rings.